The fraction of sp³-hybridized carbons (Fsp3) is 0.829. The first kappa shape index (κ1) is 104. The molecule has 0 atom stereocenters. The minimum Gasteiger partial charge on any atom is -0.789 e. The Morgan fingerprint density at radius 3 is 0.482 bits per heavy atom. The standard InChI is InChI=1S/4C17H32O2S.2CH4.H2S.2Sn/c4*1-2-3-4-5-6-7-8-9-10-11-12-13-14-17(18)19-15-16-20;;;;;/h4*2,20H,1,3-16H2;2*1H4;1H2;;/q;;;;;;;2*+2/p-4. The molecule has 85 heavy (non-hydrogen) atoms. The van der Waals surface area contributed by atoms with Crippen LogP contribution < -0.4 is 0 Å². The first-order chi connectivity index (χ1) is 39.2. The topological polar surface area (TPSA) is 105 Å². The van der Waals surface area contributed by atoms with E-state index in [2.05, 4.69) is 26.3 Å². The van der Waals surface area contributed by atoms with Crippen molar-refractivity contribution in [2.45, 2.75) is 323 Å². The second kappa shape index (κ2) is 100. The molecule has 8 nitrogen and oxygen atoms in total. The second-order valence-electron chi connectivity index (χ2n) is 21.1. The van der Waals surface area contributed by atoms with Crippen LogP contribution in [0.3, 0.4) is 0 Å². The van der Waals surface area contributed by atoms with Crippen molar-refractivity contribution in [3.05, 3.63) is 50.6 Å². The van der Waals surface area contributed by atoms with Crippen molar-refractivity contribution in [3.8, 4) is 0 Å². The largest absolute Gasteiger partial charge is 2.00 e. The van der Waals surface area contributed by atoms with Crippen molar-refractivity contribution < 1.29 is 38.1 Å². The number of rotatable bonds is 60. The van der Waals surface area contributed by atoms with Crippen LogP contribution >= 0.6 is 13.5 Å². The summed E-state index contributed by atoms with van der Waals surface area (Å²) in [7, 11) is 0. The number of ether oxygens (including phenoxy) is 4. The third-order valence-corrected chi connectivity index (χ3v) is 14.2. The van der Waals surface area contributed by atoms with E-state index < -0.39 is 0 Å². The van der Waals surface area contributed by atoms with Gasteiger partial charge in [0.15, 0.2) is 0 Å². The average Bonchev–Trinajstić information content (AvgIpc) is 3.46. The number of hydrogen-bond acceptors (Lipinski definition) is 12. The van der Waals surface area contributed by atoms with Gasteiger partial charge in [-0.2, -0.15) is 13.5 Å². The molecule has 0 aliphatic rings. The summed E-state index contributed by atoms with van der Waals surface area (Å²) in [6.45, 7) is 16.5. The van der Waals surface area contributed by atoms with E-state index in [9.17, 15) is 19.2 Å². The van der Waals surface area contributed by atoms with Crippen molar-refractivity contribution >= 4 is 136 Å². The van der Waals surface area contributed by atoms with Gasteiger partial charge in [0.2, 0.25) is 0 Å². The monoisotopic (exact) mass is 1500 g/mol. The quantitative estimate of drug-likeness (QED) is 0.0145. The SMILES string of the molecule is C.C.C=CCCCCCCCCCCCCC(=O)OCC[S-].C=CCCCCCCCCCCCCC(=O)OCC[S-].C=CCCCCCCCCCCCCC(=O)OCC[S-].C=CCCCCCCCCCCCCC(=O)OCC[S-].S.[Sn+2].[Sn+2]. The summed E-state index contributed by atoms with van der Waals surface area (Å²) < 4.78 is 19.8. The Hall–Kier alpha value is 0.187. The van der Waals surface area contributed by atoms with Gasteiger partial charge in [-0.3, -0.25) is 19.2 Å². The van der Waals surface area contributed by atoms with Gasteiger partial charge < -0.3 is 69.5 Å². The predicted octanol–water partition coefficient (Wildman–Crippen LogP) is 20.4. The number of carbonyl (C=O) groups excluding carboxylic acids is 4. The van der Waals surface area contributed by atoms with Crippen LogP contribution in [-0.4, -0.2) is 121 Å². The summed E-state index contributed by atoms with van der Waals surface area (Å²) in [6.07, 6.45) is 65.7. The molecule has 4 radical (unpaired) electrons. The van der Waals surface area contributed by atoms with Gasteiger partial charge in [0.05, 0.1) is 26.4 Å². The Morgan fingerprint density at radius 2 is 0.365 bits per heavy atom. The van der Waals surface area contributed by atoms with E-state index in [-0.39, 0.29) is 100 Å². The molecule has 0 aliphatic carbocycles. The van der Waals surface area contributed by atoms with E-state index in [4.69, 9.17) is 69.5 Å². The van der Waals surface area contributed by atoms with Crippen LogP contribution in [0.1, 0.15) is 323 Å². The average molecular weight is 1500 g/mol. The van der Waals surface area contributed by atoms with Gasteiger partial charge >= 0.3 is 71.7 Å². The van der Waals surface area contributed by atoms with E-state index in [0.717, 1.165) is 77.0 Å². The molecule has 15 heteroatoms. The maximum atomic E-state index is 11.2. The fourth-order valence-electron chi connectivity index (χ4n) is 8.80. The molecule has 0 aliphatic heterocycles. The van der Waals surface area contributed by atoms with Crippen molar-refractivity contribution in [1.82, 2.24) is 0 Å². The van der Waals surface area contributed by atoms with Gasteiger partial charge in [-0.25, -0.2) is 0 Å². The zero-order valence-corrected chi connectivity index (χ0v) is 63.1. The van der Waals surface area contributed by atoms with Crippen LogP contribution in [0.4, 0.5) is 0 Å². The van der Waals surface area contributed by atoms with Gasteiger partial charge in [-0.05, 0) is 77.0 Å². The predicted molar refractivity (Wildman–Crippen MR) is 391 cm³/mol. The number of allylic oxidation sites excluding steroid dienone is 4. The van der Waals surface area contributed by atoms with E-state index in [1.165, 1.54) is 205 Å². The minimum absolute atomic E-state index is 0. The summed E-state index contributed by atoms with van der Waals surface area (Å²) in [5.74, 6) is 1.64. The summed E-state index contributed by atoms with van der Waals surface area (Å²) in [4.78, 5) is 44.8. The first-order valence-electron chi connectivity index (χ1n) is 32.6. The molecule has 0 saturated carbocycles. The summed E-state index contributed by atoms with van der Waals surface area (Å²) >= 11 is 18.9. The van der Waals surface area contributed by atoms with Crippen molar-refractivity contribution in [1.29, 1.82) is 0 Å². The third kappa shape index (κ3) is 109. The van der Waals surface area contributed by atoms with Crippen molar-refractivity contribution in [2.75, 3.05) is 49.4 Å². The number of unbranched alkanes of at least 4 members (excludes halogenated alkanes) is 40. The molecule has 0 saturated heterocycles. The molecular weight excluding hydrogens is 1370 g/mol. The number of carbonyl (C=O) groups is 4. The van der Waals surface area contributed by atoms with Gasteiger partial charge in [0, 0.05) is 25.7 Å². The van der Waals surface area contributed by atoms with Crippen molar-refractivity contribution in [3.63, 3.8) is 0 Å². The molecule has 0 aromatic rings. The maximum absolute atomic E-state index is 11.2. The normalized spacial score (nSPS) is 9.84. The van der Waals surface area contributed by atoms with Gasteiger partial charge in [0.25, 0.3) is 0 Å². The fourth-order valence-corrected chi connectivity index (χ4v) is 9.13. The number of esters is 4. The smallest absolute Gasteiger partial charge is 0.789 e. The van der Waals surface area contributed by atoms with E-state index in [1.807, 2.05) is 24.3 Å². The second-order valence-corrected chi connectivity index (χ2v) is 22.8. The molecule has 0 heterocycles. The molecule has 0 aromatic heterocycles. The van der Waals surface area contributed by atoms with Gasteiger partial charge in [-0.15, -0.1) is 49.3 Å². The Balaban J connectivity index is -0.000000127. The third-order valence-electron chi connectivity index (χ3n) is 13.5. The first-order valence-corrected chi connectivity index (χ1v) is 34.9. The number of hydrogen-bond donors (Lipinski definition) is 0. The van der Waals surface area contributed by atoms with Crippen LogP contribution in [-0.2, 0) is 88.6 Å². The zero-order chi connectivity index (χ0) is 59.6. The van der Waals surface area contributed by atoms with Gasteiger partial charge in [-0.1, -0.05) is 245 Å². The summed E-state index contributed by atoms with van der Waals surface area (Å²) in [6, 6.07) is 0. The van der Waals surface area contributed by atoms with Crippen molar-refractivity contribution in [2.24, 2.45) is 0 Å². The molecule has 0 unspecified atom stereocenters. The Morgan fingerprint density at radius 1 is 0.247 bits per heavy atom. The van der Waals surface area contributed by atoms with Crippen LogP contribution in [0.25, 0.3) is 0 Å². The molecule has 0 bridgehead atoms. The molecule has 0 rings (SSSR count). The summed E-state index contributed by atoms with van der Waals surface area (Å²) in [5, 5.41) is 0. The van der Waals surface area contributed by atoms with Crippen LogP contribution in [0, 0.1) is 0 Å². The van der Waals surface area contributed by atoms with E-state index >= 15 is 0 Å². The Bertz CT molecular complexity index is 1130. The zero-order valence-electron chi connectivity index (χ0n) is 53.1. The Labute approximate surface area is 591 Å². The minimum atomic E-state index is -0.0885. The summed E-state index contributed by atoms with van der Waals surface area (Å²) in [5.41, 5.74) is 0. The molecule has 0 amide bonds. The van der Waals surface area contributed by atoms with Crippen LogP contribution in [0.15, 0.2) is 50.6 Å². The van der Waals surface area contributed by atoms with E-state index in [0.29, 0.717) is 75.1 Å². The Kier molecular flexibility index (Phi) is 123. The molecule has 0 aromatic carbocycles. The molecular formula is C70H134O8S5Sn2. The van der Waals surface area contributed by atoms with Crippen LogP contribution in [0.5, 0.6) is 0 Å². The molecule has 0 spiro atoms. The molecule has 500 valence electrons. The molecule has 0 fully saturated rings. The maximum Gasteiger partial charge on any atom is 2.00 e. The van der Waals surface area contributed by atoms with E-state index in [1.54, 1.807) is 0 Å². The van der Waals surface area contributed by atoms with Crippen LogP contribution in [0.2, 0.25) is 0 Å². The molecule has 0 N–H and O–H groups in total. The van der Waals surface area contributed by atoms with Gasteiger partial charge in [0.1, 0.15) is 0 Å².